The van der Waals surface area contributed by atoms with E-state index in [2.05, 4.69) is 52.9 Å². The molecule has 0 aliphatic heterocycles. The number of H-pyrrole nitrogens is 2. The van der Waals surface area contributed by atoms with Gasteiger partial charge < -0.3 is 9.97 Å². The lowest BCUT2D eigenvalue weighted by Crippen LogP contribution is -1.71. The summed E-state index contributed by atoms with van der Waals surface area (Å²) in [4.78, 5) is 6.27. The van der Waals surface area contributed by atoms with Crippen LogP contribution in [0, 0.1) is 0 Å². The van der Waals surface area contributed by atoms with E-state index in [1.807, 2.05) is 36.7 Å². The molecule has 0 saturated carbocycles. The number of aromatic nitrogens is 2. The molecule has 2 aromatic carbocycles. The molecule has 98 valence electrons. The maximum absolute atomic E-state index is 3.78. The Morgan fingerprint density at radius 2 is 1.55 bits per heavy atom. The fraction of sp³-hybridized carbons (Fsp3) is 0. The highest BCUT2D eigenvalue weighted by atomic mass is 14.7. The lowest BCUT2D eigenvalue weighted by Gasteiger charge is -1.93. The van der Waals surface area contributed by atoms with Crippen molar-refractivity contribution in [3.05, 3.63) is 79.1 Å². The van der Waals surface area contributed by atoms with Gasteiger partial charge >= 0.3 is 0 Å². The lowest BCUT2D eigenvalue weighted by molar-refractivity contribution is 1.42. The summed E-state index contributed by atoms with van der Waals surface area (Å²) < 4.78 is 0. The molecule has 0 atom stereocenters. The Hall–Kier alpha value is -2.74. The zero-order chi connectivity index (χ0) is 13.8. The Labute approximate surface area is 117 Å². The van der Waals surface area contributed by atoms with Crippen LogP contribution in [0.25, 0.3) is 27.9 Å². The third-order valence-corrected chi connectivity index (χ3v) is 3.26. The summed E-state index contributed by atoms with van der Waals surface area (Å²) in [7, 11) is 0. The molecule has 2 heteroatoms. The van der Waals surface area contributed by atoms with Gasteiger partial charge in [-0.1, -0.05) is 43.0 Å². The number of nitrogens with one attached hydrogen (secondary N) is 2. The summed E-state index contributed by atoms with van der Waals surface area (Å²) in [6.45, 7) is 3.78. The molecule has 0 fully saturated rings. The number of para-hydroxylation sites is 1. The molecule has 0 aliphatic carbocycles. The van der Waals surface area contributed by atoms with Crippen LogP contribution >= 0.6 is 0 Å². The Kier molecular flexibility index (Phi) is 3.38. The van der Waals surface area contributed by atoms with Crippen LogP contribution in [0.1, 0.15) is 5.56 Å². The van der Waals surface area contributed by atoms with Gasteiger partial charge in [0.1, 0.15) is 0 Å². The molecule has 2 heterocycles. The average Bonchev–Trinajstić information content (AvgIpc) is 3.17. The van der Waals surface area contributed by atoms with Gasteiger partial charge in [0.25, 0.3) is 0 Å². The van der Waals surface area contributed by atoms with Crippen LogP contribution in [-0.2, 0) is 0 Å². The third kappa shape index (κ3) is 2.36. The van der Waals surface area contributed by atoms with Crippen molar-refractivity contribution in [2.24, 2.45) is 0 Å². The molecule has 4 rings (SSSR count). The van der Waals surface area contributed by atoms with Gasteiger partial charge in [-0.05, 0) is 29.8 Å². The van der Waals surface area contributed by atoms with Crippen LogP contribution in [0.5, 0.6) is 0 Å². The molecule has 0 radical (unpaired) electrons. The minimum atomic E-state index is 1.15. The molecule has 0 saturated heterocycles. The Balaban J connectivity index is 0.000000205. The highest BCUT2D eigenvalue weighted by Crippen LogP contribution is 2.25. The van der Waals surface area contributed by atoms with Crippen molar-refractivity contribution in [3.63, 3.8) is 0 Å². The molecule has 0 unspecified atom stereocenters. The Morgan fingerprint density at radius 3 is 2.25 bits per heavy atom. The van der Waals surface area contributed by atoms with Crippen LogP contribution in [0.15, 0.2) is 73.6 Å². The predicted molar refractivity (Wildman–Crippen MR) is 86.7 cm³/mol. The Morgan fingerprint density at radius 1 is 0.800 bits per heavy atom. The smallest absolute Gasteiger partial charge is 0.0470 e. The number of fused-ring (bicyclic) bond motifs is 3. The molecule has 0 bridgehead atoms. The van der Waals surface area contributed by atoms with Crippen LogP contribution < -0.4 is 0 Å². The van der Waals surface area contributed by atoms with Crippen molar-refractivity contribution in [2.45, 2.75) is 0 Å². The lowest BCUT2D eigenvalue weighted by atomic mass is 10.1. The fourth-order valence-corrected chi connectivity index (χ4v) is 2.28. The summed E-state index contributed by atoms with van der Waals surface area (Å²) >= 11 is 0. The van der Waals surface area contributed by atoms with Crippen LogP contribution in [0.3, 0.4) is 0 Å². The first-order valence-electron chi connectivity index (χ1n) is 6.59. The van der Waals surface area contributed by atoms with Crippen LogP contribution in [0.2, 0.25) is 0 Å². The van der Waals surface area contributed by atoms with Gasteiger partial charge in [0, 0.05) is 34.2 Å². The molecular weight excluding hydrogens is 244 g/mol. The molecule has 4 aromatic rings. The number of hydrogen-bond acceptors (Lipinski definition) is 0. The van der Waals surface area contributed by atoms with Crippen molar-refractivity contribution < 1.29 is 0 Å². The summed E-state index contributed by atoms with van der Waals surface area (Å²) in [5.74, 6) is 0. The number of benzene rings is 2. The zero-order valence-corrected chi connectivity index (χ0v) is 11.1. The van der Waals surface area contributed by atoms with Crippen molar-refractivity contribution >= 4 is 27.9 Å². The number of aromatic amines is 2. The molecular formula is C18H16N2. The fourth-order valence-electron chi connectivity index (χ4n) is 2.28. The largest absolute Gasteiger partial charge is 0.368 e. The summed E-state index contributed by atoms with van der Waals surface area (Å²) in [5, 5.41) is 2.55. The summed E-state index contributed by atoms with van der Waals surface area (Å²) in [5.41, 5.74) is 3.51. The van der Waals surface area contributed by atoms with Crippen molar-refractivity contribution in [1.82, 2.24) is 9.97 Å². The molecule has 2 nitrogen and oxygen atoms in total. The van der Waals surface area contributed by atoms with E-state index in [4.69, 9.17) is 0 Å². The molecule has 20 heavy (non-hydrogen) atoms. The second-order valence-electron chi connectivity index (χ2n) is 4.56. The second kappa shape index (κ2) is 5.49. The van der Waals surface area contributed by atoms with Crippen molar-refractivity contribution in [1.29, 1.82) is 0 Å². The van der Waals surface area contributed by atoms with E-state index in [-0.39, 0.29) is 0 Å². The van der Waals surface area contributed by atoms with Gasteiger partial charge in [-0.3, -0.25) is 0 Å². The van der Waals surface area contributed by atoms with Crippen LogP contribution in [0.4, 0.5) is 0 Å². The first-order chi connectivity index (χ1) is 9.88. The maximum Gasteiger partial charge on any atom is 0.0470 e. The quantitative estimate of drug-likeness (QED) is 0.484. The van der Waals surface area contributed by atoms with Gasteiger partial charge in [-0.2, -0.15) is 0 Å². The minimum absolute atomic E-state index is 1.15. The van der Waals surface area contributed by atoms with E-state index >= 15 is 0 Å². The maximum atomic E-state index is 3.78. The van der Waals surface area contributed by atoms with E-state index in [9.17, 15) is 0 Å². The van der Waals surface area contributed by atoms with Gasteiger partial charge in [0.05, 0.1) is 0 Å². The average molecular weight is 260 g/mol. The van der Waals surface area contributed by atoms with Gasteiger partial charge in [0.15, 0.2) is 0 Å². The van der Waals surface area contributed by atoms with E-state index in [0.717, 1.165) is 5.56 Å². The highest BCUT2D eigenvalue weighted by molar-refractivity contribution is 6.07. The molecule has 2 aromatic heterocycles. The van der Waals surface area contributed by atoms with Crippen molar-refractivity contribution in [2.75, 3.05) is 0 Å². The first kappa shape index (κ1) is 12.3. The number of rotatable bonds is 1. The Bertz CT molecular complexity index is 806. The van der Waals surface area contributed by atoms with Crippen molar-refractivity contribution in [3.8, 4) is 0 Å². The first-order valence-corrected chi connectivity index (χ1v) is 6.59. The highest BCUT2D eigenvalue weighted by Gasteiger charge is 2.02. The topological polar surface area (TPSA) is 31.6 Å². The third-order valence-electron chi connectivity index (χ3n) is 3.26. The van der Waals surface area contributed by atoms with Crippen LogP contribution in [-0.4, -0.2) is 9.97 Å². The van der Waals surface area contributed by atoms with E-state index in [1.165, 1.54) is 21.8 Å². The van der Waals surface area contributed by atoms with Gasteiger partial charge in [0.2, 0.25) is 0 Å². The standard InChI is InChI=1S/C14H11N.C4H5N/c1-2-10-7-8-12-11-5-3-4-6-13(11)15-14(12)9-10;1-2-4-5-3-1/h2-9,15H,1H2;1-5H. The minimum Gasteiger partial charge on any atom is -0.368 e. The van der Waals surface area contributed by atoms with E-state index < -0.39 is 0 Å². The molecule has 0 aliphatic rings. The normalized spacial score (nSPS) is 10.2. The number of hydrogen-bond donors (Lipinski definition) is 2. The second-order valence-corrected chi connectivity index (χ2v) is 4.56. The SMILES string of the molecule is C=Cc1ccc2c(c1)[nH]c1ccccc12.c1cc[nH]c1. The predicted octanol–water partition coefficient (Wildman–Crippen LogP) is 4.98. The van der Waals surface area contributed by atoms with E-state index in [1.54, 1.807) is 0 Å². The van der Waals surface area contributed by atoms with Gasteiger partial charge in [-0.15, -0.1) is 0 Å². The summed E-state index contributed by atoms with van der Waals surface area (Å²) in [6.07, 6.45) is 5.62. The molecule has 0 spiro atoms. The molecule has 0 amide bonds. The monoisotopic (exact) mass is 260 g/mol. The molecule has 2 N–H and O–H groups in total. The summed E-state index contributed by atoms with van der Waals surface area (Å²) in [6, 6.07) is 18.6. The van der Waals surface area contributed by atoms with E-state index in [0.29, 0.717) is 0 Å². The van der Waals surface area contributed by atoms with Gasteiger partial charge in [-0.25, -0.2) is 0 Å². The zero-order valence-electron chi connectivity index (χ0n) is 11.1.